The molecule has 6 nitrogen and oxygen atoms in total. The lowest BCUT2D eigenvalue weighted by Crippen LogP contribution is -1.89. The van der Waals surface area contributed by atoms with E-state index in [1.807, 2.05) is 6.07 Å². The summed E-state index contributed by atoms with van der Waals surface area (Å²) < 4.78 is 5.01. The van der Waals surface area contributed by atoms with Gasteiger partial charge in [0.1, 0.15) is 0 Å². The van der Waals surface area contributed by atoms with Gasteiger partial charge < -0.3 is 9.84 Å². The van der Waals surface area contributed by atoms with Gasteiger partial charge in [-0.05, 0) is 29.8 Å². The Hall–Kier alpha value is -3.33. The number of non-ortho nitro benzene ring substituents is 1. The van der Waals surface area contributed by atoms with E-state index in [1.54, 1.807) is 18.2 Å². The van der Waals surface area contributed by atoms with Crippen LogP contribution in [0.5, 0.6) is 11.5 Å². The Morgan fingerprint density at radius 3 is 2.55 bits per heavy atom. The van der Waals surface area contributed by atoms with Crippen LogP contribution in [0.4, 0.5) is 5.69 Å². The van der Waals surface area contributed by atoms with E-state index in [1.165, 1.54) is 37.5 Å². The lowest BCUT2D eigenvalue weighted by atomic mass is 10.0. The monoisotopic (exact) mass is 296 g/mol. The normalized spacial score (nSPS) is 10.8. The van der Waals surface area contributed by atoms with E-state index in [0.29, 0.717) is 16.9 Å². The Morgan fingerprint density at radius 2 is 2.00 bits per heavy atom. The summed E-state index contributed by atoms with van der Waals surface area (Å²) in [5.74, 6) is 0.231. The van der Waals surface area contributed by atoms with Gasteiger partial charge in [-0.1, -0.05) is 12.1 Å². The van der Waals surface area contributed by atoms with E-state index >= 15 is 0 Å². The molecule has 22 heavy (non-hydrogen) atoms. The Labute approximate surface area is 126 Å². The minimum Gasteiger partial charge on any atom is -0.504 e. The lowest BCUT2D eigenvalue weighted by molar-refractivity contribution is -0.384. The number of nitrogens with zero attached hydrogens (tertiary/aromatic N) is 2. The van der Waals surface area contributed by atoms with Gasteiger partial charge in [0.2, 0.25) is 0 Å². The van der Waals surface area contributed by atoms with Crippen LogP contribution in [0.15, 0.2) is 42.5 Å². The Kier molecular flexibility index (Phi) is 4.39. The Bertz CT molecular complexity index is 774. The maximum absolute atomic E-state index is 10.6. The van der Waals surface area contributed by atoms with Gasteiger partial charge in [-0.25, -0.2) is 0 Å². The van der Waals surface area contributed by atoms with Crippen molar-refractivity contribution < 1.29 is 14.8 Å². The molecule has 110 valence electrons. The minimum atomic E-state index is -0.507. The summed E-state index contributed by atoms with van der Waals surface area (Å²) in [6.07, 6.45) is 1.50. The molecule has 0 aliphatic rings. The van der Waals surface area contributed by atoms with Crippen molar-refractivity contribution in [3.8, 4) is 17.6 Å². The molecule has 0 unspecified atom stereocenters. The molecule has 0 aromatic heterocycles. The molecular weight excluding hydrogens is 284 g/mol. The summed E-state index contributed by atoms with van der Waals surface area (Å²) in [5, 5.41) is 29.9. The fraction of sp³-hybridized carbons (Fsp3) is 0.0625. The Morgan fingerprint density at radius 1 is 1.32 bits per heavy atom. The number of hydrogen-bond acceptors (Lipinski definition) is 5. The highest BCUT2D eigenvalue weighted by atomic mass is 16.6. The van der Waals surface area contributed by atoms with Gasteiger partial charge in [-0.3, -0.25) is 10.1 Å². The topological polar surface area (TPSA) is 96.4 Å². The largest absolute Gasteiger partial charge is 0.504 e. The summed E-state index contributed by atoms with van der Waals surface area (Å²) in [7, 11) is 1.43. The maximum Gasteiger partial charge on any atom is 0.269 e. The van der Waals surface area contributed by atoms with Gasteiger partial charge >= 0.3 is 0 Å². The van der Waals surface area contributed by atoms with Gasteiger partial charge in [0, 0.05) is 17.7 Å². The number of hydrogen-bond donors (Lipinski definition) is 1. The molecular formula is C16H12N2O4. The molecule has 2 aromatic rings. The lowest BCUT2D eigenvalue weighted by Gasteiger charge is -2.06. The molecule has 0 radical (unpaired) electrons. The van der Waals surface area contributed by atoms with Crippen molar-refractivity contribution in [2.24, 2.45) is 0 Å². The third-order valence-electron chi connectivity index (χ3n) is 3.06. The number of nitro groups is 1. The van der Waals surface area contributed by atoms with E-state index in [9.17, 15) is 20.5 Å². The second kappa shape index (κ2) is 6.41. The van der Waals surface area contributed by atoms with Crippen molar-refractivity contribution >= 4 is 17.3 Å². The zero-order chi connectivity index (χ0) is 16.1. The number of phenols is 1. The number of nitro benzene ring substituents is 1. The van der Waals surface area contributed by atoms with Gasteiger partial charge in [0.15, 0.2) is 11.5 Å². The first-order chi connectivity index (χ1) is 10.6. The molecule has 0 saturated heterocycles. The molecule has 0 saturated carbocycles. The van der Waals surface area contributed by atoms with Crippen molar-refractivity contribution in [2.45, 2.75) is 0 Å². The number of phenolic OH excluding ortho intramolecular Hbond substituents is 1. The van der Waals surface area contributed by atoms with Crippen LogP contribution >= 0.6 is 0 Å². The molecule has 0 amide bonds. The van der Waals surface area contributed by atoms with Crippen LogP contribution in [0.1, 0.15) is 11.1 Å². The van der Waals surface area contributed by atoms with Crippen molar-refractivity contribution in [1.29, 1.82) is 5.26 Å². The molecule has 6 heteroatoms. The fourth-order valence-electron chi connectivity index (χ4n) is 1.92. The van der Waals surface area contributed by atoms with E-state index in [-0.39, 0.29) is 17.0 Å². The highest BCUT2D eigenvalue weighted by molar-refractivity contribution is 5.91. The van der Waals surface area contributed by atoms with Crippen LogP contribution in [-0.4, -0.2) is 17.1 Å². The summed E-state index contributed by atoms with van der Waals surface area (Å²) in [6.45, 7) is 0. The average Bonchev–Trinajstić information content (AvgIpc) is 2.54. The number of benzene rings is 2. The number of allylic oxidation sites excluding steroid dienone is 1. The number of nitriles is 1. The third-order valence-corrected chi connectivity index (χ3v) is 3.06. The zero-order valence-electron chi connectivity index (χ0n) is 11.7. The molecule has 1 N–H and O–H groups in total. The molecule has 0 atom stereocenters. The summed E-state index contributed by atoms with van der Waals surface area (Å²) in [4.78, 5) is 10.1. The smallest absolute Gasteiger partial charge is 0.269 e. The first kappa shape index (κ1) is 15.1. The number of rotatable bonds is 4. The summed E-state index contributed by atoms with van der Waals surface area (Å²) in [5.41, 5.74) is 1.17. The predicted molar refractivity (Wildman–Crippen MR) is 81.2 cm³/mol. The average molecular weight is 296 g/mol. The van der Waals surface area contributed by atoms with Crippen molar-refractivity contribution in [3.63, 3.8) is 0 Å². The van der Waals surface area contributed by atoms with Gasteiger partial charge in [0.25, 0.3) is 5.69 Å². The summed E-state index contributed by atoms with van der Waals surface area (Å²) in [6, 6.07) is 12.6. The van der Waals surface area contributed by atoms with E-state index < -0.39 is 4.92 Å². The van der Waals surface area contributed by atoms with E-state index in [0.717, 1.165) is 0 Å². The quantitative estimate of drug-likeness (QED) is 0.404. The minimum absolute atomic E-state index is 0.0507. The number of methoxy groups -OCH3 is 1. The summed E-state index contributed by atoms with van der Waals surface area (Å²) >= 11 is 0. The third kappa shape index (κ3) is 3.04. The molecule has 0 spiro atoms. The maximum atomic E-state index is 10.6. The van der Waals surface area contributed by atoms with Crippen LogP contribution in [0, 0.1) is 21.4 Å². The van der Waals surface area contributed by atoms with Gasteiger partial charge in [-0.2, -0.15) is 5.26 Å². The molecule has 0 aliphatic carbocycles. The molecule has 2 aromatic carbocycles. The van der Waals surface area contributed by atoms with E-state index in [4.69, 9.17) is 4.74 Å². The molecule has 0 aliphatic heterocycles. The first-order valence-corrected chi connectivity index (χ1v) is 6.29. The highest BCUT2D eigenvalue weighted by Crippen LogP contribution is 2.32. The molecule has 0 bridgehead atoms. The second-order valence-electron chi connectivity index (χ2n) is 4.37. The van der Waals surface area contributed by atoms with Gasteiger partial charge in [0.05, 0.1) is 23.7 Å². The highest BCUT2D eigenvalue weighted by Gasteiger charge is 2.09. The number of para-hydroxylation sites is 1. The van der Waals surface area contributed by atoms with Gasteiger partial charge in [-0.15, -0.1) is 0 Å². The molecule has 0 fully saturated rings. The SMILES string of the molecule is COc1cccc(/C=C(/C#N)c2ccc([N+](=O)[O-])cc2)c1O. The van der Waals surface area contributed by atoms with Crippen LogP contribution in [0.2, 0.25) is 0 Å². The Balaban J connectivity index is 2.44. The van der Waals surface area contributed by atoms with Crippen molar-refractivity contribution in [3.05, 3.63) is 63.7 Å². The number of ether oxygens (including phenoxy) is 1. The predicted octanol–water partition coefficient (Wildman–Crippen LogP) is 3.37. The zero-order valence-corrected chi connectivity index (χ0v) is 11.7. The van der Waals surface area contributed by atoms with Crippen LogP contribution in [-0.2, 0) is 0 Å². The van der Waals surface area contributed by atoms with Crippen LogP contribution in [0.3, 0.4) is 0 Å². The van der Waals surface area contributed by atoms with Crippen molar-refractivity contribution in [1.82, 2.24) is 0 Å². The van der Waals surface area contributed by atoms with Crippen LogP contribution < -0.4 is 4.74 Å². The molecule has 0 heterocycles. The van der Waals surface area contributed by atoms with Crippen molar-refractivity contribution in [2.75, 3.05) is 7.11 Å². The van der Waals surface area contributed by atoms with E-state index in [2.05, 4.69) is 0 Å². The molecule has 2 rings (SSSR count). The van der Waals surface area contributed by atoms with Crippen LogP contribution in [0.25, 0.3) is 11.6 Å². The first-order valence-electron chi connectivity index (χ1n) is 6.29. The standard InChI is InChI=1S/C16H12N2O4/c1-22-15-4-2-3-12(16(15)19)9-13(10-17)11-5-7-14(8-6-11)18(20)21/h2-9,19H,1H3/b13-9-. The fourth-order valence-corrected chi connectivity index (χ4v) is 1.92. The second-order valence-corrected chi connectivity index (χ2v) is 4.37. The number of aromatic hydroxyl groups is 1.